The van der Waals surface area contributed by atoms with E-state index in [0.717, 1.165) is 35.2 Å². The number of allylic oxidation sites excluding steroid dienone is 1. The molecule has 3 aromatic rings. The molecule has 0 bridgehead atoms. The first-order valence-corrected chi connectivity index (χ1v) is 15.8. The van der Waals surface area contributed by atoms with Crippen molar-refractivity contribution in [2.75, 3.05) is 19.1 Å². The summed E-state index contributed by atoms with van der Waals surface area (Å²) in [5, 5.41) is 5.25. The van der Waals surface area contributed by atoms with Crippen LogP contribution in [0, 0.1) is 22.2 Å². The number of ether oxygens (including phenoxy) is 2. The summed E-state index contributed by atoms with van der Waals surface area (Å²) in [4.78, 5) is 2.10. The maximum atomic E-state index is 14.8. The predicted octanol–water partition coefficient (Wildman–Crippen LogP) is 8.08. The van der Waals surface area contributed by atoms with Crippen molar-refractivity contribution in [3.05, 3.63) is 112 Å². The number of hydrogen-bond donors (Lipinski definition) is 2. The minimum Gasteiger partial charge on any atom is -0.493 e. The van der Waals surface area contributed by atoms with Crippen LogP contribution in [0.5, 0.6) is 11.5 Å². The second-order valence-electron chi connectivity index (χ2n) is 10.2. The van der Waals surface area contributed by atoms with E-state index in [0.29, 0.717) is 22.1 Å². The van der Waals surface area contributed by atoms with E-state index in [1.54, 1.807) is 32.4 Å². The summed E-state index contributed by atoms with van der Waals surface area (Å²) in [5.74, 6) is -1.29. The third-order valence-electron chi connectivity index (χ3n) is 7.04. The molecule has 1 unspecified atom stereocenters. The molecule has 0 aliphatic rings. The zero-order valence-corrected chi connectivity index (χ0v) is 26.6. The van der Waals surface area contributed by atoms with E-state index in [9.17, 15) is 17.4 Å². The van der Waals surface area contributed by atoms with Gasteiger partial charge in [0.25, 0.3) is 0 Å². The number of hydrogen-bond acceptors (Lipinski definition) is 6. The van der Waals surface area contributed by atoms with Crippen molar-refractivity contribution in [2.45, 2.75) is 49.8 Å². The Morgan fingerprint density at radius 1 is 1.09 bits per heavy atom. The van der Waals surface area contributed by atoms with Gasteiger partial charge in [0.2, 0.25) is 0 Å². The first-order valence-electron chi connectivity index (χ1n) is 13.2. The van der Waals surface area contributed by atoms with Crippen LogP contribution >= 0.6 is 11.8 Å². The Morgan fingerprint density at radius 2 is 1.67 bits per heavy atom. The third-order valence-corrected chi connectivity index (χ3v) is 9.12. The zero-order chi connectivity index (χ0) is 32.1. The van der Waals surface area contributed by atoms with Gasteiger partial charge in [0, 0.05) is 27.3 Å². The molecule has 0 spiro atoms. The Hall–Kier alpha value is -3.63. The van der Waals surface area contributed by atoms with Crippen LogP contribution < -0.4 is 19.5 Å². The third kappa shape index (κ3) is 7.67. The Bertz CT molecular complexity index is 1640. The van der Waals surface area contributed by atoms with Gasteiger partial charge in [-0.25, -0.2) is 27.3 Å². The lowest BCUT2D eigenvalue weighted by Gasteiger charge is -2.40. The van der Waals surface area contributed by atoms with Crippen LogP contribution in [0.15, 0.2) is 88.5 Å². The Labute approximate surface area is 256 Å². The minimum absolute atomic E-state index is 0.121. The first kappa shape index (κ1) is 33.9. The molecule has 0 saturated heterocycles. The van der Waals surface area contributed by atoms with Crippen molar-refractivity contribution < 1.29 is 26.9 Å². The summed E-state index contributed by atoms with van der Waals surface area (Å²) in [7, 11) is -0.656. The molecule has 0 saturated carbocycles. The molecule has 0 aromatic heterocycles. The van der Waals surface area contributed by atoms with Crippen LogP contribution in [0.1, 0.15) is 38.8 Å². The van der Waals surface area contributed by atoms with Gasteiger partial charge in [-0.1, -0.05) is 12.6 Å². The second-order valence-corrected chi connectivity index (χ2v) is 13.0. The fourth-order valence-electron chi connectivity index (χ4n) is 4.52. The van der Waals surface area contributed by atoms with Gasteiger partial charge in [-0.05, 0) is 87.9 Å². The Morgan fingerprint density at radius 3 is 2.19 bits per heavy atom. The van der Waals surface area contributed by atoms with Gasteiger partial charge < -0.3 is 14.4 Å². The van der Waals surface area contributed by atoms with Crippen LogP contribution in [-0.2, 0) is 21.1 Å². The maximum absolute atomic E-state index is 14.8. The summed E-state index contributed by atoms with van der Waals surface area (Å²) in [6, 6.07) is 12.8. The lowest BCUT2D eigenvalue weighted by Crippen LogP contribution is -2.40. The lowest BCUT2D eigenvalue weighted by atomic mass is 9.80. The van der Waals surface area contributed by atoms with Gasteiger partial charge in [0.1, 0.15) is 27.4 Å². The smallest absolute Gasteiger partial charge is 0.161 e. The van der Waals surface area contributed by atoms with E-state index < -0.39 is 43.7 Å². The monoisotopic (exact) mass is 631 g/mol. The maximum Gasteiger partial charge on any atom is 0.161 e. The molecule has 11 heteroatoms. The van der Waals surface area contributed by atoms with Crippen molar-refractivity contribution in [3.63, 3.8) is 0 Å². The highest BCUT2D eigenvalue weighted by molar-refractivity contribution is 8.02. The van der Waals surface area contributed by atoms with Crippen LogP contribution in [-0.4, -0.2) is 24.5 Å². The van der Waals surface area contributed by atoms with Gasteiger partial charge in [0.15, 0.2) is 11.5 Å². The second kappa shape index (κ2) is 13.8. The van der Waals surface area contributed by atoms with Gasteiger partial charge >= 0.3 is 0 Å². The van der Waals surface area contributed by atoms with E-state index in [4.69, 9.17) is 19.4 Å². The number of benzene rings is 3. The molecule has 2 atom stereocenters. The molecule has 0 radical (unpaired) electrons. The molecule has 43 heavy (non-hydrogen) atoms. The van der Waals surface area contributed by atoms with E-state index in [2.05, 4.69) is 12.3 Å². The number of rotatable bonds is 12. The zero-order valence-electron chi connectivity index (χ0n) is 25.0. The predicted molar refractivity (Wildman–Crippen MR) is 168 cm³/mol. The molecule has 0 heterocycles. The topological polar surface area (TPSA) is 88.6 Å². The molecule has 0 aliphatic carbocycles. The standard InChI is InChI=1S/C32H36F3N3O3S2/c1-8-9-31(32(4,5)22-10-15-29(40-6)30(16-22)41-7)38(24-13-11-23(33)12-14-24)20(2)21(3)42-19-26-27(34)17-25(18-28(26)35)43(36,37)39/h8,10-18,20H,3,19H2,1-2,4-7H3,(H3,36,37,39)/t9?,20-/m1/s1. The average Bonchev–Trinajstić information content (AvgIpc) is 2.96. The molecule has 0 amide bonds. The number of methoxy groups -OCH3 is 2. The molecule has 230 valence electrons. The fraction of sp³-hybridized carbons (Fsp3) is 0.281. The van der Waals surface area contributed by atoms with Crippen LogP contribution in [0.2, 0.25) is 0 Å². The Kier molecular flexibility index (Phi) is 10.8. The summed E-state index contributed by atoms with van der Waals surface area (Å²) >= 11 is 1.13. The van der Waals surface area contributed by atoms with E-state index in [-0.39, 0.29) is 11.3 Å². The molecule has 3 N–H and O–H groups in total. The highest BCUT2D eigenvalue weighted by atomic mass is 32.2. The van der Waals surface area contributed by atoms with Crippen LogP contribution in [0.25, 0.3) is 0 Å². The summed E-state index contributed by atoms with van der Waals surface area (Å²) < 4.78 is 73.8. The Balaban J connectivity index is 2.05. The van der Waals surface area contributed by atoms with Crippen molar-refractivity contribution in [1.29, 1.82) is 4.78 Å². The number of thioether (sulfide) groups is 1. The first-order chi connectivity index (χ1) is 20.1. The minimum atomic E-state index is -3.78. The SMILES string of the molecule is C=C(SCc1c(F)cc(S(=N)(N)=O)cc1F)[C@@H](C)N(C(=C=CC)C(C)(C)c1ccc(OC)c(OC)c1)c1ccc(F)cc1. The molecular formula is C32H36F3N3O3S2. The van der Waals surface area contributed by atoms with Gasteiger partial charge in [0.05, 0.1) is 30.9 Å². The fourth-order valence-corrected chi connectivity index (χ4v) is 6.03. The quantitative estimate of drug-likeness (QED) is 0.197. The van der Waals surface area contributed by atoms with Gasteiger partial charge in [-0.3, -0.25) is 0 Å². The van der Waals surface area contributed by atoms with E-state index in [1.165, 1.54) is 12.1 Å². The summed E-state index contributed by atoms with van der Waals surface area (Å²) in [5.41, 5.74) is 4.70. The number of nitrogens with two attached hydrogens (primary N) is 1. The van der Waals surface area contributed by atoms with Crippen LogP contribution in [0.3, 0.4) is 0 Å². The molecular weight excluding hydrogens is 595 g/mol. The van der Waals surface area contributed by atoms with Crippen molar-refractivity contribution in [3.8, 4) is 11.5 Å². The van der Waals surface area contributed by atoms with Crippen molar-refractivity contribution in [1.82, 2.24) is 0 Å². The highest BCUT2D eigenvalue weighted by Crippen LogP contribution is 2.42. The number of anilines is 1. The van der Waals surface area contributed by atoms with Crippen LogP contribution in [0.4, 0.5) is 18.9 Å². The number of nitrogens with one attached hydrogen (secondary N) is 1. The normalized spacial score (nSPS) is 13.3. The highest BCUT2D eigenvalue weighted by Gasteiger charge is 2.35. The lowest BCUT2D eigenvalue weighted by molar-refractivity contribution is 0.353. The van der Waals surface area contributed by atoms with Crippen molar-refractivity contribution in [2.24, 2.45) is 5.14 Å². The largest absolute Gasteiger partial charge is 0.493 e. The average molecular weight is 632 g/mol. The molecule has 0 aliphatic heterocycles. The number of halogens is 3. The summed E-state index contributed by atoms with van der Waals surface area (Å²) in [6.45, 7) is 12.0. The van der Waals surface area contributed by atoms with E-state index in [1.807, 2.05) is 50.8 Å². The van der Waals surface area contributed by atoms with Gasteiger partial charge in [-0.15, -0.1) is 17.5 Å². The van der Waals surface area contributed by atoms with Crippen molar-refractivity contribution >= 4 is 27.4 Å². The molecule has 6 nitrogen and oxygen atoms in total. The summed E-state index contributed by atoms with van der Waals surface area (Å²) in [6.07, 6.45) is 1.78. The number of nitrogens with zero attached hydrogens (tertiary/aromatic N) is 1. The van der Waals surface area contributed by atoms with E-state index >= 15 is 0 Å². The molecule has 0 fully saturated rings. The van der Waals surface area contributed by atoms with Gasteiger partial charge in [-0.2, -0.15) is 0 Å². The molecule has 3 rings (SSSR count). The molecule has 3 aromatic carbocycles.